The Hall–Kier alpha value is -4.17. The average molecular weight is 488 g/mol. The third kappa shape index (κ3) is 3.07. The van der Waals surface area contributed by atoms with Crippen LogP contribution in [0.1, 0.15) is 28.7 Å². The Balaban J connectivity index is 1.89. The summed E-state index contributed by atoms with van der Waals surface area (Å²) in [7, 11) is 3.96. The number of methoxy groups -OCH3 is 3. The quantitative estimate of drug-likeness (QED) is 0.305. The van der Waals surface area contributed by atoms with Gasteiger partial charge in [0.15, 0.2) is 5.60 Å². The lowest BCUT2D eigenvalue weighted by molar-refractivity contribution is -0.175. The lowest BCUT2D eigenvalue weighted by atomic mass is 9.60. The normalized spacial score (nSPS) is 26.2. The van der Waals surface area contributed by atoms with Gasteiger partial charge < -0.3 is 23.7 Å². The standard InChI is InChI=1S/C28H24O8/c1-32-19-15-13-17(14-16-19)23-27(24(29)33-2)22(20-11-7-8-12-21(20)35-25(27)30)28(36-23,26(31)34-3)18-9-5-4-6-10-18/h4-16,22-23H,1-3H3. The van der Waals surface area contributed by atoms with E-state index in [1.807, 2.05) is 0 Å². The maximum atomic E-state index is 13.9. The molecule has 0 spiro atoms. The molecule has 5 rings (SSSR count). The van der Waals surface area contributed by atoms with Crippen molar-refractivity contribution in [1.29, 1.82) is 0 Å². The zero-order chi connectivity index (χ0) is 25.5. The van der Waals surface area contributed by atoms with Crippen molar-refractivity contribution in [3.05, 3.63) is 95.6 Å². The van der Waals surface area contributed by atoms with Crippen LogP contribution in [0.2, 0.25) is 0 Å². The Kier molecular flexibility index (Phi) is 5.76. The summed E-state index contributed by atoms with van der Waals surface area (Å²) in [6, 6.07) is 22.2. The number of esters is 3. The molecule has 2 aliphatic heterocycles. The molecule has 2 aliphatic rings. The molecule has 36 heavy (non-hydrogen) atoms. The number of para-hydroxylation sites is 1. The van der Waals surface area contributed by atoms with E-state index in [2.05, 4.69) is 0 Å². The molecule has 0 radical (unpaired) electrons. The van der Waals surface area contributed by atoms with Crippen LogP contribution >= 0.6 is 0 Å². The van der Waals surface area contributed by atoms with Crippen molar-refractivity contribution in [2.24, 2.45) is 5.41 Å². The molecule has 4 unspecified atom stereocenters. The molecule has 1 saturated heterocycles. The number of benzene rings is 3. The van der Waals surface area contributed by atoms with Crippen LogP contribution < -0.4 is 9.47 Å². The molecule has 0 aliphatic carbocycles. The van der Waals surface area contributed by atoms with E-state index in [9.17, 15) is 14.4 Å². The topological polar surface area (TPSA) is 97.4 Å². The molecule has 0 amide bonds. The van der Waals surface area contributed by atoms with Gasteiger partial charge in [-0.05, 0) is 29.3 Å². The van der Waals surface area contributed by atoms with Crippen LogP contribution in [0.15, 0.2) is 78.9 Å². The Bertz CT molecular complexity index is 1320. The minimum atomic E-state index is -2.05. The highest BCUT2D eigenvalue weighted by Crippen LogP contribution is 2.68. The number of ether oxygens (including phenoxy) is 5. The maximum absolute atomic E-state index is 13.9. The molecule has 0 saturated carbocycles. The van der Waals surface area contributed by atoms with Crippen molar-refractivity contribution >= 4 is 17.9 Å². The third-order valence-electron chi connectivity index (χ3n) is 6.98. The number of rotatable bonds is 5. The maximum Gasteiger partial charge on any atom is 0.343 e. The summed E-state index contributed by atoms with van der Waals surface area (Å²) < 4.78 is 28.1. The molecular formula is C28H24O8. The minimum Gasteiger partial charge on any atom is -0.497 e. The van der Waals surface area contributed by atoms with Gasteiger partial charge in [0.25, 0.3) is 0 Å². The van der Waals surface area contributed by atoms with Crippen molar-refractivity contribution in [1.82, 2.24) is 0 Å². The van der Waals surface area contributed by atoms with E-state index >= 15 is 0 Å². The van der Waals surface area contributed by atoms with Crippen LogP contribution in [-0.2, 0) is 34.2 Å². The molecule has 2 heterocycles. The molecule has 4 atom stereocenters. The van der Waals surface area contributed by atoms with Crippen LogP contribution in [-0.4, -0.2) is 39.2 Å². The molecule has 0 aromatic heterocycles. The second kappa shape index (κ2) is 8.80. The zero-order valence-corrected chi connectivity index (χ0v) is 19.9. The second-order valence-corrected chi connectivity index (χ2v) is 8.59. The highest BCUT2D eigenvalue weighted by atomic mass is 16.6. The van der Waals surface area contributed by atoms with Gasteiger partial charge in [0.2, 0.25) is 5.41 Å². The van der Waals surface area contributed by atoms with E-state index in [1.54, 1.807) is 78.9 Å². The third-order valence-corrected chi connectivity index (χ3v) is 6.98. The molecule has 8 heteroatoms. The first-order chi connectivity index (χ1) is 17.4. The van der Waals surface area contributed by atoms with Crippen molar-refractivity contribution in [3.8, 4) is 11.5 Å². The van der Waals surface area contributed by atoms with Gasteiger partial charge in [-0.25, -0.2) is 4.79 Å². The Morgan fingerprint density at radius 1 is 0.806 bits per heavy atom. The lowest BCUT2D eigenvalue weighted by Crippen LogP contribution is -2.54. The highest BCUT2D eigenvalue weighted by molar-refractivity contribution is 6.07. The number of fused-ring (bicyclic) bond motifs is 3. The van der Waals surface area contributed by atoms with Gasteiger partial charge in [0.1, 0.15) is 17.6 Å². The van der Waals surface area contributed by atoms with Crippen LogP contribution in [0, 0.1) is 5.41 Å². The molecule has 0 N–H and O–H groups in total. The van der Waals surface area contributed by atoms with Crippen molar-refractivity contribution in [2.45, 2.75) is 17.6 Å². The molecule has 3 aromatic carbocycles. The van der Waals surface area contributed by atoms with E-state index in [1.165, 1.54) is 21.3 Å². The fourth-order valence-electron chi connectivity index (χ4n) is 5.45. The van der Waals surface area contributed by atoms with E-state index in [0.29, 0.717) is 22.4 Å². The largest absolute Gasteiger partial charge is 0.497 e. The first kappa shape index (κ1) is 23.6. The molecule has 3 aromatic rings. The van der Waals surface area contributed by atoms with E-state index in [0.717, 1.165) is 0 Å². The number of carbonyl (C=O) groups excluding carboxylic acids is 3. The summed E-state index contributed by atoms with van der Waals surface area (Å²) in [5.74, 6) is -2.87. The molecule has 1 fully saturated rings. The molecule has 0 bridgehead atoms. The summed E-state index contributed by atoms with van der Waals surface area (Å²) in [6.07, 6.45) is -1.25. The average Bonchev–Trinajstić information content (AvgIpc) is 3.27. The number of hydrogen-bond acceptors (Lipinski definition) is 8. The van der Waals surface area contributed by atoms with Crippen LogP contribution in [0.4, 0.5) is 0 Å². The summed E-state index contributed by atoms with van der Waals surface area (Å²) in [6.45, 7) is 0. The van der Waals surface area contributed by atoms with E-state index in [4.69, 9.17) is 23.7 Å². The Labute approximate surface area is 207 Å². The fraction of sp³-hybridized carbons (Fsp3) is 0.250. The summed E-state index contributed by atoms with van der Waals surface area (Å²) in [4.78, 5) is 41.4. The predicted molar refractivity (Wildman–Crippen MR) is 126 cm³/mol. The highest BCUT2D eigenvalue weighted by Gasteiger charge is 2.78. The lowest BCUT2D eigenvalue weighted by Gasteiger charge is -2.40. The monoisotopic (exact) mass is 488 g/mol. The van der Waals surface area contributed by atoms with Gasteiger partial charge in [0, 0.05) is 5.56 Å². The minimum absolute atomic E-state index is 0.232. The van der Waals surface area contributed by atoms with Gasteiger partial charge in [-0.2, -0.15) is 0 Å². The first-order valence-electron chi connectivity index (χ1n) is 11.3. The van der Waals surface area contributed by atoms with E-state index in [-0.39, 0.29) is 5.75 Å². The first-order valence-corrected chi connectivity index (χ1v) is 11.3. The Morgan fingerprint density at radius 3 is 2.08 bits per heavy atom. The predicted octanol–water partition coefficient (Wildman–Crippen LogP) is 3.70. The van der Waals surface area contributed by atoms with Crippen LogP contribution in [0.3, 0.4) is 0 Å². The smallest absolute Gasteiger partial charge is 0.343 e. The van der Waals surface area contributed by atoms with Gasteiger partial charge in [-0.3, -0.25) is 9.59 Å². The molecular weight excluding hydrogens is 464 g/mol. The summed E-state index contributed by atoms with van der Waals surface area (Å²) >= 11 is 0. The Morgan fingerprint density at radius 2 is 1.44 bits per heavy atom. The van der Waals surface area contributed by atoms with Gasteiger partial charge >= 0.3 is 17.9 Å². The van der Waals surface area contributed by atoms with Gasteiger partial charge in [-0.15, -0.1) is 0 Å². The molecule has 184 valence electrons. The number of carbonyl (C=O) groups is 3. The van der Waals surface area contributed by atoms with Crippen molar-refractivity contribution in [2.75, 3.05) is 21.3 Å². The SMILES string of the molecule is COC(=O)C1(c2ccccc2)OC(c2ccc(OC)cc2)C2(C(=O)OC)C(=O)Oc3ccccc3C12. The zero-order valence-electron chi connectivity index (χ0n) is 19.9. The van der Waals surface area contributed by atoms with Crippen LogP contribution in [0.25, 0.3) is 0 Å². The van der Waals surface area contributed by atoms with Crippen LogP contribution in [0.5, 0.6) is 11.5 Å². The summed E-state index contributed by atoms with van der Waals surface area (Å²) in [5, 5.41) is 0. The fourth-order valence-corrected chi connectivity index (χ4v) is 5.45. The molecule has 8 nitrogen and oxygen atoms in total. The van der Waals surface area contributed by atoms with Crippen molar-refractivity contribution in [3.63, 3.8) is 0 Å². The van der Waals surface area contributed by atoms with Gasteiger partial charge in [0.05, 0.1) is 27.2 Å². The van der Waals surface area contributed by atoms with Crippen molar-refractivity contribution < 1.29 is 38.1 Å². The number of hydrogen-bond donors (Lipinski definition) is 0. The summed E-state index contributed by atoms with van der Waals surface area (Å²) in [5.41, 5.74) is -2.58. The van der Waals surface area contributed by atoms with E-state index < -0.39 is 40.9 Å². The van der Waals surface area contributed by atoms with Gasteiger partial charge in [-0.1, -0.05) is 60.7 Å². The second-order valence-electron chi connectivity index (χ2n) is 8.59.